The summed E-state index contributed by atoms with van der Waals surface area (Å²) in [6.45, 7) is 0.450. The van der Waals surface area contributed by atoms with Crippen LogP contribution in [0.4, 0.5) is 4.79 Å². The number of nitrogens with zero attached hydrogens (tertiary/aromatic N) is 1. The highest BCUT2D eigenvalue weighted by Crippen LogP contribution is 2.27. The first-order chi connectivity index (χ1) is 10.1. The fraction of sp³-hybridized carbons (Fsp3) is 0.643. The second-order valence-corrected chi connectivity index (χ2v) is 6.13. The molecule has 1 aliphatic carbocycles. The Morgan fingerprint density at radius 3 is 2.57 bits per heavy atom. The molecular weight excluding hydrogens is 290 g/mol. The van der Waals surface area contributed by atoms with Crippen molar-refractivity contribution < 1.29 is 14.7 Å². The van der Waals surface area contributed by atoms with E-state index >= 15 is 0 Å². The number of urea groups is 1. The third kappa shape index (κ3) is 4.42. The van der Waals surface area contributed by atoms with Crippen molar-refractivity contribution in [2.24, 2.45) is 0 Å². The summed E-state index contributed by atoms with van der Waals surface area (Å²) in [5, 5.41) is 16.8. The summed E-state index contributed by atoms with van der Waals surface area (Å²) < 4.78 is 0. The zero-order valence-electron chi connectivity index (χ0n) is 11.9. The van der Waals surface area contributed by atoms with E-state index in [2.05, 4.69) is 15.6 Å². The summed E-state index contributed by atoms with van der Waals surface area (Å²) >= 11 is 1.52. The largest absolute Gasteiger partial charge is 0.480 e. The van der Waals surface area contributed by atoms with E-state index in [0.717, 1.165) is 31.4 Å². The first-order valence-corrected chi connectivity index (χ1v) is 8.23. The van der Waals surface area contributed by atoms with Gasteiger partial charge in [0.15, 0.2) is 0 Å². The fourth-order valence-corrected chi connectivity index (χ4v) is 3.24. The average molecular weight is 311 g/mol. The fourth-order valence-electron chi connectivity index (χ4n) is 2.65. The molecule has 2 amide bonds. The van der Waals surface area contributed by atoms with Crippen molar-refractivity contribution >= 4 is 23.3 Å². The van der Waals surface area contributed by atoms with Crippen molar-refractivity contribution in [1.82, 2.24) is 15.6 Å². The van der Waals surface area contributed by atoms with Crippen molar-refractivity contribution in [1.29, 1.82) is 0 Å². The third-order valence-corrected chi connectivity index (χ3v) is 4.50. The predicted octanol–water partition coefficient (Wildman–Crippen LogP) is 2.16. The van der Waals surface area contributed by atoms with Crippen LogP contribution >= 0.6 is 11.3 Å². The molecule has 21 heavy (non-hydrogen) atoms. The van der Waals surface area contributed by atoms with Gasteiger partial charge in [-0.2, -0.15) is 0 Å². The van der Waals surface area contributed by atoms with Crippen LogP contribution in [-0.2, 0) is 11.2 Å². The van der Waals surface area contributed by atoms with E-state index in [-0.39, 0.29) is 0 Å². The van der Waals surface area contributed by atoms with Crippen molar-refractivity contribution in [3.05, 3.63) is 16.6 Å². The Morgan fingerprint density at radius 2 is 2.00 bits per heavy atom. The molecule has 2 rings (SSSR count). The van der Waals surface area contributed by atoms with Gasteiger partial charge in [0.05, 0.1) is 11.2 Å². The molecule has 0 unspecified atom stereocenters. The number of rotatable bonds is 5. The Labute approximate surface area is 128 Å². The molecule has 0 spiro atoms. The molecule has 1 aromatic heterocycles. The summed E-state index contributed by atoms with van der Waals surface area (Å²) in [6.07, 6.45) is 5.39. The number of carboxylic acids is 1. The summed E-state index contributed by atoms with van der Waals surface area (Å²) in [7, 11) is 0. The number of carbonyl (C=O) groups excluding carboxylic acids is 1. The Balaban J connectivity index is 1.84. The lowest BCUT2D eigenvalue weighted by atomic mass is 9.90. The molecule has 1 heterocycles. The average Bonchev–Trinajstić information content (AvgIpc) is 2.84. The molecule has 3 N–H and O–H groups in total. The lowest BCUT2D eigenvalue weighted by Gasteiger charge is -2.29. The highest BCUT2D eigenvalue weighted by atomic mass is 32.1. The molecular formula is C14H21N3O3S. The van der Waals surface area contributed by atoms with Crippen LogP contribution in [0.2, 0.25) is 0 Å². The van der Waals surface area contributed by atoms with Crippen LogP contribution in [0.1, 0.15) is 44.2 Å². The van der Waals surface area contributed by atoms with Gasteiger partial charge in [-0.15, -0.1) is 11.3 Å². The molecule has 0 aromatic carbocycles. The number of nitrogens with one attached hydrogen (secondary N) is 2. The van der Waals surface area contributed by atoms with Gasteiger partial charge in [-0.1, -0.05) is 25.7 Å². The van der Waals surface area contributed by atoms with E-state index in [1.165, 1.54) is 11.3 Å². The van der Waals surface area contributed by atoms with Crippen LogP contribution in [0.5, 0.6) is 0 Å². The first kappa shape index (κ1) is 15.8. The minimum absolute atomic E-state index is 0.408. The van der Waals surface area contributed by atoms with E-state index < -0.39 is 17.5 Å². The van der Waals surface area contributed by atoms with E-state index in [0.29, 0.717) is 25.8 Å². The van der Waals surface area contributed by atoms with Gasteiger partial charge in [-0.3, -0.25) is 0 Å². The molecule has 0 bridgehead atoms. The molecule has 1 saturated carbocycles. The second-order valence-electron chi connectivity index (χ2n) is 5.41. The Hall–Kier alpha value is -1.63. The molecule has 0 atom stereocenters. The Kier molecular flexibility index (Phi) is 5.55. The van der Waals surface area contributed by atoms with Gasteiger partial charge >= 0.3 is 12.0 Å². The van der Waals surface area contributed by atoms with Gasteiger partial charge in [-0.05, 0) is 12.8 Å². The number of amides is 2. The highest BCUT2D eigenvalue weighted by Gasteiger charge is 2.39. The highest BCUT2D eigenvalue weighted by molar-refractivity contribution is 7.07. The summed E-state index contributed by atoms with van der Waals surface area (Å²) in [5.74, 6) is -0.931. The minimum Gasteiger partial charge on any atom is -0.480 e. The first-order valence-electron chi connectivity index (χ1n) is 7.29. The monoisotopic (exact) mass is 311 g/mol. The third-order valence-electron chi connectivity index (χ3n) is 3.87. The number of hydrogen-bond donors (Lipinski definition) is 3. The van der Waals surface area contributed by atoms with E-state index in [1.807, 2.05) is 5.38 Å². The lowest BCUT2D eigenvalue weighted by Crippen LogP contribution is -2.57. The number of hydrogen-bond acceptors (Lipinski definition) is 4. The van der Waals surface area contributed by atoms with Crippen LogP contribution in [0.15, 0.2) is 10.9 Å². The molecule has 116 valence electrons. The van der Waals surface area contributed by atoms with Crippen LogP contribution < -0.4 is 10.6 Å². The molecule has 1 fully saturated rings. The number of carboxylic acid groups (broad SMARTS) is 1. The predicted molar refractivity (Wildman–Crippen MR) is 80.4 cm³/mol. The smallest absolute Gasteiger partial charge is 0.329 e. The van der Waals surface area contributed by atoms with Gasteiger partial charge in [0, 0.05) is 18.3 Å². The summed E-state index contributed by atoms with van der Waals surface area (Å²) in [6, 6.07) is -0.408. The van der Waals surface area contributed by atoms with E-state index in [4.69, 9.17) is 0 Å². The summed E-state index contributed by atoms with van der Waals surface area (Å²) in [4.78, 5) is 27.7. The molecule has 1 aromatic rings. The normalized spacial score (nSPS) is 17.7. The van der Waals surface area contributed by atoms with Crippen LogP contribution in [0.3, 0.4) is 0 Å². The van der Waals surface area contributed by atoms with Gasteiger partial charge < -0.3 is 15.7 Å². The standard InChI is InChI=1S/C14H21N3O3S/c18-12(19)14(6-3-1-2-4-7-14)17-13(20)15-8-5-11-9-21-10-16-11/h9-10H,1-8H2,(H,18,19)(H2,15,17,20). The molecule has 0 saturated heterocycles. The maximum absolute atomic E-state index is 12.0. The lowest BCUT2D eigenvalue weighted by molar-refractivity contribution is -0.145. The van der Waals surface area contributed by atoms with Crippen molar-refractivity contribution in [2.45, 2.75) is 50.5 Å². The maximum atomic E-state index is 12.0. The number of carbonyl (C=O) groups is 2. The summed E-state index contributed by atoms with van der Waals surface area (Å²) in [5.41, 5.74) is 1.57. The van der Waals surface area contributed by atoms with Gasteiger partial charge in [0.25, 0.3) is 0 Å². The molecule has 0 radical (unpaired) electrons. The quantitative estimate of drug-likeness (QED) is 0.727. The van der Waals surface area contributed by atoms with Gasteiger partial charge in [0.1, 0.15) is 5.54 Å². The number of thiazole rings is 1. The van der Waals surface area contributed by atoms with Crippen molar-refractivity contribution in [2.75, 3.05) is 6.54 Å². The van der Waals surface area contributed by atoms with Crippen LogP contribution in [-0.4, -0.2) is 34.2 Å². The minimum atomic E-state index is -1.11. The van der Waals surface area contributed by atoms with Crippen LogP contribution in [0, 0.1) is 0 Å². The van der Waals surface area contributed by atoms with E-state index in [9.17, 15) is 14.7 Å². The number of aromatic nitrogens is 1. The topological polar surface area (TPSA) is 91.3 Å². The SMILES string of the molecule is O=C(NCCc1cscn1)NC1(C(=O)O)CCCCCC1. The molecule has 0 aliphatic heterocycles. The maximum Gasteiger partial charge on any atom is 0.329 e. The molecule has 1 aliphatic rings. The zero-order valence-corrected chi connectivity index (χ0v) is 12.7. The van der Waals surface area contributed by atoms with Gasteiger partial charge in [-0.25, -0.2) is 14.6 Å². The van der Waals surface area contributed by atoms with Crippen molar-refractivity contribution in [3.8, 4) is 0 Å². The van der Waals surface area contributed by atoms with Gasteiger partial charge in [0.2, 0.25) is 0 Å². The van der Waals surface area contributed by atoms with E-state index in [1.54, 1.807) is 5.51 Å². The zero-order chi connectivity index (χ0) is 15.1. The Morgan fingerprint density at radius 1 is 1.29 bits per heavy atom. The van der Waals surface area contributed by atoms with Crippen LogP contribution in [0.25, 0.3) is 0 Å². The Bertz CT molecular complexity index is 468. The van der Waals surface area contributed by atoms with Crippen molar-refractivity contribution in [3.63, 3.8) is 0 Å². The molecule has 6 nitrogen and oxygen atoms in total. The number of aliphatic carboxylic acids is 1. The second kappa shape index (κ2) is 7.40. The molecule has 7 heteroatoms.